The van der Waals surface area contributed by atoms with E-state index in [1.165, 1.54) is 0 Å². The van der Waals surface area contributed by atoms with Crippen LogP contribution < -0.4 is 0 Å². The zero-order valence-electron chi connectivity index (χ0n) is 7.26. The number of hydrogen-bond acceptors (Lipinski definition) is 4. The zero-order valence-corrected chi connectivity index (χ0v) is 8.07. The first kappa shape index (κ1) is 8.97. The van der Waals surface area contributed by atoms with Gasteiger partial charge >= 0.3 is 0 Å². The van der Waals surface area contributed by atoms with E-state index in [1.807, 2.05) is 6.07 Å². The lowest BCUT2D eigenvalue weighted by Crippen LogP contribution is -2.15. The lowest BCUT2D eigenvalue weighted by atomic mass is 10.3. The van der Waals surface area contributed by atoms with E-state index in [0.717, 1.165) is 24.3 Å². The fraction of sp³-hybridized carbons (Fsp3) is 0.556. The normalized spacial score (nSPS) is 27.8. The molecule has 1 saturated carbocycles. The number of rotatable bonds is 2. The van der Waals surface area contributed by atoms with Crippen LogP contribution in [0, 0.1) is 0 Å². The highest BCUT2D eigenvalue weighted by Gasteiger charge is 2.26. The first-order valence-electron chi connectivity index (χ1n) is 4.47. The van der Waals surface area contributed by atoms with Gasteiger partial charge in [-0.05, 0) is 25.3 Å². The van der Waals surface area contributed by atoms with E-state index < -0.39 is 0 Å². The number of thioether (sulfide) groups is 1. The summed E-state index contributed by atoms with van der Waals surface area (Å²) in [7, 11) is 0. The highest BCUT2D eigenvalue weighted by atomic mass is 32.2. The molecular formula is C9H12N2OS. The van der Waals surface area contributed by atoms with Gasteiger partial charge in [0.1, 0.15) is 6.33 Å². The van der Waals surface area contributed by atoms with Crippen LogP contribution in [0.4, 0.5) is 0 Å². The minimum atomic E-state index is -0.153. The molecule has 4 heteroatoms. The van der Waals surface area contributed by atoms with Crippen LogP contribution in [0.25, 0.3) is 0 Å². The molecule has 1 aliphatic rings. The van der Waals surface area contributed by atoms with E-state index in [2.05, 4.69) is 9.97 Å². The van der Waals surface area contributed by atoms with Gasteiger partial charge in [0, 0.05) is 11.4 Å². The Morgan fingerprint density at radius 2 is 2.38 bits per heavy atom. The highest BCUT2D eigenvalue weighted by molar-refractivity contribution is 7.99. The first-order valence-corrected chi connectivity index (χ1v) is 5.35. The molecule has 1 heterocycles. The van der Waals surface area contributed by atoms with E-state index in [0.29, 0.717) is 5.25 Å². The molecule has 0 bridgehead atoms. The van der Waals surface area contributed by atoms with Crippen molar-refractivity contribution in [2.24, 2.45) is 0 Å². The summed E-state index contributed by atoms with van der Waals surface area (Å²) in [5.41, 5.74) is 0. The lowest BCUT2D eigenvalue weighted by Gasteiger charge is -2.12. The van der Waals surface area contributed by atoms with Gasteiger partial charge in [0.05, 0.1) is 11.1 Å². The molecule has 13 heavy (non-hydrogen) atoms. The van der Waals surface area contributed by atoms with Crippen molar-refractivity contribution in [3.8, 4) is 0 Å². The summed E-state index contributed by atoms with van der Waals surface area (Å²) >= 11 is 1.66. The zero-order chi connectivity index (χ0) is 9.10. The summed E-state index contributed by atoms with van der Waals surface area (Å²) in [5.74, 6) is 0. The van der Waals surface area contributed by atoms with Gasteiger partial charge in [-0.15, -0.1) is 11.8 Å². The molecule has 1 aromatic rings. The molecule has 3 nitrogen and oxygen atoms in total. The molecule has 1 fully saturated rings. The predicted molar refractivity (Wildman–Crippen MR) is 51.5 cm³/mol. The molecule has 1 N–H and O–H groups in total. The molecule has 0 unspecified atom stereocenters. The maximum atomic E-state index is 9.59. The monoisotopic (exact) mass is 196 g/mol. The van der Waals surface area contributed by atoms with Crippen molar-refractivity contribution in [3.63, 3.8) is 0 Å². The second-order valence-corrected chi connectivity index (χ2v) is 4.46. The summed E-state index contributed by atoms with van der Waals surface area (Å²) in [4.78, 5) is 7.97. The number of aliphatic hydroxyl groups excluding tert-OH is 1. The van der Waals surface area contributed by atoms with E-state index in [-0.39, 0.29) is 6.10 Å². The van der Waals surface area contributed by atoms with Crippen molar-refractivity contribution in [1.82, 2.24) is 9.97 Å². The number of aliphatic hydroxyl groups is 1. The Bertz CT molecular complexity index is 268. The number of aromatic nitrogens is 2. The quantitative estimate of drug-likeness (QED) is 0.728. The van der Waals surface area contributed by atoms with E-state index in [4.69, 9.17) is 0 Å². The third kappa shape index (κ3) is 2.19. The Morgan fingerprint density at radius 3 is 3.00 bits per heavy atom. The van der Waals surface area contributed by atoms with Gasteiger partial charge < -0.3 is 5.11 Å². The fourth-order valence-corrected chi connectivity index (χ4v) is 2.68. The van der Waals surface area contributed by atoms with Gasteiger partial charge in [-0.25, -0.2) is 9.97 Å². The van der Waals surface area contributed by atoms with E-state index in [9.17, 15) is 5.11 Å². The highest BCUT2D eigenvalue weighted by Crippen LogP contribution is 2.33. The molecule has 0 aromatic carbocycles. The number of nitrogens with zero attached hydrogens (tertiary/aromatic N) is 2. The minimum absolute atomic E-state index is 0.153. The second-order valence-electron chi connectivity index (χ2n) is 3.20. The van der Waals surface area contributed by atoms with Gasteiger partial charge in [0.15, 0.2) is 0 Å². The van der Waals surface area contributed by atoms with Crippen LogP contribution in [0.15, 0.2) is 23.6 Å². The second kappa shape index (κ2) is 4.07. The third-order valence-corrected chi connectivity index (χ3v) is 3.58. The van der Waals surface area contributed by atoms with Gasteiger partial charge in [0.2, 0.25) is 0 Å². The molecule has 0 aliphatic heterocycles. The largest absolute Gasteiger partial charge is 0.392 e. The van der Waals surface area contributed by atoms with Gasteiger partial charge in [-0.2, -0.15) is 0 Å². The molecule has 0 spiro atoms. The smallest absolute Gasteiger partial charge is 0.116 e. The third-order valence-electron chi connectivity index (χ3n) is 2.24. The molecule has 2 atom stereocenters. The Morgan fingerprint density at radius 1 is 1.46 bits per heavy atom. The van der Waals surface area contributed by atoms with Crippen LogP contribution in [0.5, 0.6) is 0 Å². The molecule has 1 aromatic heterocycles. The predicted octanol–water partition coefficient (Wildman–Crippen LogP) is 1.48. The van der Waals surface area contributed by atoms with Crippen molar-refractivity contribution in [2.45, 2.75) is 35.6 Å². The van der Waals surface area contributed by atoms with Crippen LogP contribution >= 0.6 is 11.8 Å². The molecule has 0 amide bonds. The van der Waals surface area contributed by atoms with E-state index in [1.54, 1.807) is 24.3 Å². The van der Waals surface area contributed by atoms with Crippen LogP contribution in [0.1, 0.15) is 19.3 Å². The molecule has 1 aliphatic carbocycles. The van der Waals surface area contributed by atoms with Crippen molar-refractivity contribution in [3.05, 3.63) is 18.6 Å². The molecule has 0 saturated heterocycles. The van der Waals surface area contributed by atoms with Gasteiger partial charge in [0.25, 0.3) is 0 Å². The lowest BCUT2D eigenvalue weighted by molar-refractivity contribution is 0.188. The summed E-state index contributed by atoms with van der Waals surface area (Å²) in [5, 5.41) is 10.9. The maximum absolute atomic E-state index is 9.59. The average Bonchev–Trinajstić information content (AvgIpc) is 2.54. The maximum Gasteiger partial charge on any atom is 0.116 e. The van der Waals surface area contributed by atoms with Crippen molar-refractivity contribution in [1.29, 1.82) is 0 Å². The van der Waals surface area contributed by atoms with Crippen molar-refractivity contribution in [2.75, 3.05) is 0 Å². The molecule has 70 valence electrons. The summed E-state index contributed by atoms with van der Waals surface area (Å²) < 4.78 is 0. The van der Waals surface area contributed by atoms with Crippen molar-refractivity contribution >= 4 is 11.8 Å². The van der Waals surface area contributed by atoms with E-state index >= 15 is 0 Å². The van der Waals surface area contributed by atoms with Gasteiger partial charge in [-0.3, -0.25) is 0 Å². The van der Waals surface area contributed by atoms with Crippen molar-refractivity contribution < 1.29 is 5.11 Å². The molecule has 2 rings (SSSR count). The summed E-state index contributed by atoms with van der Waals surface area (Å²) in [6, 6.07) is 1.88. The first-order chi connectivity index (χ1) is 6.36. The SMILES string of the molecule is O[C@H]1CCC[C@@H]1Sc1ccncn1. The van der Waals surface area contributed by atoms with Crippen LogP contribution in [0.3, 0.4) is 0 Å². The number of hydrogen-bond donors (Lipinski definition) is 1. The fourth-order valence-electron chi connectivity index (χ4n) is 1.55. The summed E-state index contributed by atoms with van der Waals surface area (Å²) in [6.45, 7) is 0. The minimum Gasteiger partial charge on any atom is -0.392 e. The molecule has 0 radical (unpaired) electrons. The Labute approximate surface area is 81.6 Å². The van der Waals surface area contributed by atoms with Crippen LogP contribution in [-0.4, -0.2) is 26.4 Å². The topological polar surface area (TPSA) is 46.0 Å². The Hall–Kier alpha value is -0.610. The Kier molecular flexibility index (Phi) is 2.80. The Balaban J connectivity index is 1.98. The van der Waals surface area contributed by atoms with Crippen LogP contribution in [0.2, 0.25) is 0 Å². The van der Waals surface area contributed by atoms with Crippen LogP contribution in [-0.2, 0) is 0 Å². The molecular weight excluding hydrogens is 184 g/mol. The standard InChI is InChI=1S/C9H12N2OS/c12-7-2-1-3-8(7)13-9-4-5-10-6-11-9/h4-8,12H,1-3H2/t7-,8-/m0/s1. The summed E-state index contributed by atoms with van der Waals surface area (Å²) in [6.07, 6.45) is 6.28. The average molecular weight is 196 g/mol. The van der Waals surface area contributed by atoms with Gasteiger partial charge in [-0.1, -0.05) is 0 Å².